The van der Waals surface area contributed by atoms with Gasteiger partial charge in [-0.3, -0.25) is 20.3 Å². The Kier molecular flexibility index (Phi) is 5.79. The minimum Gasteiger partial charge on any atom is -0.342 e. The second-order valence-corrected chi connectivity index (χ2v) is 7.60. The second kappa shape index (κ2) is 8.66. The lowest BCUT2D eigenvalue weighted by Crippen LogP contribution is -2.56. The number of imidazole rings is 1. The Morgan fingerprint density at radius 3 is 2.74 bits per heavy atom. The van der Waals surface area contributed by atoms with E-state index in [0.29, 0.717) is 29.5 Å². The molecule has 1 fully saturated rings. The molecule has 1 aliphatic heterocycles. The van der Waals surface area contributed by atoms with Crippen molar-refractivity contribution < 1.29 is 0 Å². The van der Waals surface area contributed by atoms with Crippen molar-refractivity contribution in [1.82, 2.24) is 19.5 Å². The maximum atomic E-state index is 8.71. The van der Waals surface area contributed by atoms with Crippen LogP contribution in [0, 0.1) is 10.8 Å². The van der Waals surface area contributed by atoms with E-state index in [1.165, 1.54) is 19.2 Å². The van der Waals surface area contributed by atoms with Crippen molar-refractivity contribution in [2.45, 2.75) is 58.0 Å². The Morgan fingerprint density at radius 1 is 1.32 bits per heavy atom. The summed E-state index contributed by atoms with van der Waals surface area (Å²) >= 11 is 0. The summed E-state index contributed by atoms with van der Waals surface area (Å²) in [6.07, 6.45) is 15.2. The molecule has 0 bridgehead atoms. The molecule has 31 heavy (non-hydrogen) atoms. The van der Waals surface area contributed by atoms with Gasteiger partial charge >= 0.3 is 0 Å². The molecule has 0 spiro atoms. The summed E-state index contributed by atoms with van der Waals surface area (Å²) in [4.78, 5) is 17.7. The van der Waals surface area contributed by atoms with Crippen LogP contribution < -0.4 is 14.8 Å². The van der Waals surface area contributed by atoms with Gasteiger partial charge < -0.3 is 4.90 Å². The van der Waals surface area contributed by atoms with E-state index < -0.39 is 0 Å². The third-order valence-electron chi connectivity index (χ3n) is 5.87. The van der Waals surface area contributed by atoms with Crippen LogP contribution in [0.3, 0.4) is 0 Å². The first kappa shape index (κ1) is 20.7. The summed E-state index contributed by atoms with van der Waals surface area (Å²) in [7, 11) is 0. The van der Waals surface area contributed by atoms with Crippen LogP contribution >= 0.6 is 0 Å². The highest BCUT2D eigenvalue weighted by atomic mass is 15.5. The minimum absolute atomic E-state index is 0.128. The molecule has 2 aromatic rings. The SMILES string of the molecule is C=NN(/C=C\C)c1nccn1-c1ncc2c(n1)N(C1CCCC1)[C@H](CC)C(=N)N2C=N. The molecule has 3 heterocycles. The molecule has 2 aromatic heterocycles. The maximum absolute atomic E-state index is 8.71. The molecule has 2 aliphatic rings. The van der Waals surface area contributed by atoms with Gasteiger partial charge in [0.2, 0.25) is 11.9 Å². The Morgan fingerprint density at radius 2 is 2.10 bits per heavy atom. The lowest BCUT2D eigenvalue weighted by molar-refractivity contribution is 0.547. The van der Waals surface area contributed by atoms with E-state index in [-0.39, 0.29) is 6.04 Å². The number of nitrogens with one attached hydrogen (secondary N) is 2. The van der Waals surface area contributed by atoms with Crippen LogP contribution in [0.2, 0.25) is 0 Å². The smallest absolute Gasteiger partial charge is 0.238 e. The van der Waals surface area contributed by atoms with Crippen LogP contribution in [0.1, 0.15) is 46.0 Å². The lowest BCUT2D eigenvalue weighted by atomic mass is 10.0. The molecule has 2 N–H and O–H groups in total. The van der Waals surface area contributed by atoms with E-state index in [4.69, 9.17) is 15.8 Å². The Hall–Kier alpha value is -3.56. The van der Waals surface area contributed by atoms with Crippen molar-refractivity contribution >= 4 is 36.3 Å². The monoisotopic (exact) mass is 420 g/mol. The van der Waals surface area contributed by atoms with Crippen molar-refractivity contribution in [1.29, 1.82) is 10.8 Å². The number of hydrogen-bond acceptors (Lipinski definition) is 8. The number of aromatic nitrogens is 4. The predicted octanol–water partition coefficient (Wildman–Crippen LogP) is 3.55. The Balaban J connectivity index is 1.85. The summed E-state index contributed by atoms with van der Waals surface area (Å²) in [6.45, 7) is 7.60. The molecule has 0 unspecified atom stereocenters. The number of nitrogens with zero attached hydrogens (tertiary/aromatic N) is 8. The number of allylic oxidation sites excluding steroid dienone is 1. The largest absolute Gasteiger partial charge is 0.342 e. The highest BCUT2D eigenvalue weighted by Crippen LogP contribution is 2.40. The highest BCUT2D eigenvalue weighted by Gasteiger charge is 2.40. The van der Waals surface area contributed by atoms with E-state index >= 15 is 0 Å². The zero-order valence-corrected chi connectivity index (χ0v) is 17.9. The number of hydrogen-bond donors (Lipinski definition) is 2. The van der Waals surface area contributed by atoms with E-state index in [1.54, 1.807) is 39.3 Å². The van der Waals surface area contributed by atoms with Gasteiger partial charge in [0.25, 0.3) is 0 Å². The summed E-state index contributed by atoms with van der Waals surface area (Å²) in [5, 5.41) is 22.2. The van der Waals surface area contributed by atoms with Gasteiger partial charge in [0.1, 0.15) is 11.5 Å². The quantitative estimate of drug-likeness (QED) is 0.402. The molecule has 1 saturated carbocycles. The van der Waals surface area contributed by atoms with Gasteiger partial charge in [0.15, 0.2) is 5.82 Å². The van der Waals surface area contributed by atoms with Crippen molar-refractivity contribution in [2.24, 2.45) is 5.10 Å². The molecular weight excluding hydrogens is 392 g/mol. The topological polar surface area (TPSA) is 113 Å². The van der Waals surface area contributed by atoms with E-state index in [2.05, 4.69) is 33.6 Å². The molecule has 0 saturated heterocycles. The summed E-state index contributed by atoms with van der Waals surface area (Å²) in [6, 6.07) is 0.202. The fourth-order valence-electron chi connectivity index (χ4n) is 4.48. The Bertz CT molecular complexity index is 1000. The standard InChI is InChI=1S/C21H28N10/c1-4-11-30(24-3)21-25-10-12-28(21)20-26-13-17-19(27-20)31(15-8-6-7-9-15)16(5-2)18(23)29(17)14-22/h4,10-16,22-23H,3,5-9H2,1-2H3/b11-4-,22-14?,23-18?/t16-/m1/s1. The molecule has 10 nitrogen and oxygen atoms in total. The third-order valence-corrected chi connectivity index (χ3v) is 5.87. The molecule has 1 aliphatic carbocycles. The molecule has 0 aromatic carbocycles. The van der Waals surface area contributed by atoms with Crippen molar-refractivity contribution in [3.8, 4) is 5.95 Å². The zero-order chi connectivity index (χ0) is 22.0. The van der Waals surface area contributed by atoms with Crippen molar-refractivity contribution in [2.75, 3.05) is 14.8 Å². The lowest BCUT2D eigenvalue weighted by Gasteiger charge is -2.44. The molecule has 1 atom stereocenters. The van der Waals surface area contributed by atoms with Crippen LogP contribution in [0.15, 0.2) is 36.0 Å². The van der Waals surface area contributed by atoms with Gasteiger partial charge in [-0.25, -0.2) is 15.0 Å². The van der Waals surface area contributed by atoms with Crippen LogP contribution in [0.4, 0.5) is 17.5 Å². The first-order valence-corrected chi connectivity index (χ1v) is 10.6. The van der Waals surface area contributed by atoms with Crippen LogP contribution in [-0.4, -0.2) is 50.5 Å². The van der Waals surface area contributed by atoms with E-state index in [0.717, 1.165) is 25.1 Å². The van der Waals surface area contributed by atoms with E-state index in [1.807, 2.05) is 13.0 Å². The first-order valence-electron chi connectivity index (χ1n) is 10.6. The van der Waals surface area contributed by atoms with Gasteiger partial charge in [-0.05, 0) is 26.2 Å². The predicted molar refractivity (Wildman–Crippen MR) is 124 cm³/mol. The van der Waals surface area contributed by atoms with Gasteiger partial charge in [-0.2, -0.15) is 10.1 Å². The Labute approximate surface area is 181 Å². The van der Waals surface area contributed by atoms with Crippen LogP contribution in [0.5, 0.6) is 0 Å². The number of anilines is 3. The van der Waals surface area contributed by atoms with Gasteiger partial charge in [-0.1, -0.05) is 25.8 Å². The number of amidine groups is 1. The average Bonchev–Trinajstić information content (AvgIpc) is 3.48. The fourth-order valence-corrected chi connectivity index (χ4v) is 4.48. The molecule has 10 heteroatoms. The normalized spacial score (nSPS) is 19.2. The summed E-state index contributed by atoms with van der Waals surface area (Å²) < 4.78 is 1.76. The van der Waals surface area contributed by atoms with E-state index in [9.17, 15) is 0 Å². The third kappa shape index (κ3) is 3.47. The number of rotatable bonds is 7. The molecule has 4 rings (SSSR count). The average molecular weight is 421 g/mol. The van der Waals surface area contributed by atoms with Crippen molar-refractivity contribution in [3.05, 3.63) is 30.9 Å². The fraction of sp³-hybridized carbons (Fsp3) is 0.429. The molecule has 162 valence electrons. The van der Waals surface area contributed by atoms with Gasteiger partial charge in [-0.15, -0.1) is 0 Å². The van der Waals surface area contributed by atoms with Gasteiger partial charge in [0.05, 0.1) is 18.6 Å². The van der Waals surface area contributed by atoms with Gasteiger partial charge in [0, 0.05) is 31.4 Å². The summed E-state index contributed by atoms with van der Waals surface area (Å²) in [5.41, 5.74) is 0.661. The maximum Gasteiger partial charge on any atom is 0.238 e. The number of hydrazone groups is 1. The zero-order valence-electron chi connectivity index (χ0n) is 17.9. The molecule has 0 radical (unpaired) electrons. The van der Waals surface area contributed by atoms with Crippen LogP contribution in [-0.2, 0) is 0 Å². The minimum atomic E-state index is -0.128. The highest BCUT2D eigenvalue weighted by molar-refractivity contribution is 6.16. The van der Waals surface area contributed by atoms with Crippen LogP contribution in [0.25, 0.3) is 5.95 Å². The number of fused-ring (bicyclic) bond motifs is 1. The molecule has 0 amide bonds. The summed E-state index contributed by atoms with van der Waals surface area (Å²) in [5.74, 6) is 2.14. The second-order valence-electron chi connectivity index (χ2n) is 7.60. The van der Waals surface area contributed by atoms with Crippen molar-refractivity contribution in [3.63, 3.8) is 0 Å². The first-order chi connectivity index (χ1) is 15.1. The molecular formula is C21H28N10.